The Balaban J connectivity index is 1.42. The van der Waals surface area contributed by atoms with E-state index in [0.717, 1.165) is 58.5 Å². The highest BCUT2D eigenvalue weighted by Gasteiger charge is 2.28. The van der Waals surface area contributed by atoms with Crippen molar-refractivity contribution in [2.45, 2.75) is 39.3 Å². The van der Waals surface area contributed by atoms with E-state index < -0.39 is 0 Å². The number of esters is 1. The van der Waals surface area contributed by atoms with Crippen molar-refractivity contribution in [2.24, 2.45) is 0 Å². The minimum Gasteiger partial charge on any atom is -0.466 e. The van der Waals surface area contributed by atoms with Crippen molar-refractivity contribution in [1.82, 2.24) is 9.88 Å². The first-order valence-corrected chi connectivity index (χ1v) is 12.0. The SMILES string of the molecule is CCOC(=O)Cc1cccc(CN2CCN(c3nc4ccc(Cl)cc4s3)C(CC)C2)c1. The maximum Gasteiger partial charge on any atom is 0.310 e. The number of anilines is 1. The smallest absolute Gasteiger partial charge is 0.310 e. The molecule has 31 heavy (non-hydrogen) atoms. The standard InChI is InChI=1S/C24H28ClN3O2S/c1-3-20-16-27(15-18-7-5-6-17(12-18)13-23(29)30-4-2)10-11-28(20)24-26-21-9-8-19(25)14-22(21)31-24/h5-9,12,14,20H,3-4,10-11,13,15-16H2,1-2H3. The summed E-state index contributed by atoms with van der Waals surface area (Å²) in [7, 11) is 0. The van der Waals surface area contributed by atoms with Crippen molar-refractivity contribution in [3.05, 3.63) is 58.6 Å². The van der Waals surface area contributed by atoms with E-state index in [0.29, 0.717) is 19.1 Å². The second-order valence-corrected chi connectivity index (χ2v) is 9.35. The summed E-state index contributed by atoms with van der Waals surface area (Å²) < 4.78 is 6.22. The summed E-state index contributed by atoms with van der Waals surface area (Å²) in [5, 5.41) is 1.84. The maximum atomic E-state index is 11.8. The van der Waals surface area contributed by atoms with E-state index in [1.807, 2.05) is 37.3 Å². The number of carbonyl (C=O) groups is 1. The third kappa shape index (κ3) is 5.37. The Hall–Kier alpha value is -2.15. The van der Waals surface area contributed by atoms with E-state index in [1.165, 1.54) is 5.56 Å². The van der Waals surface area contributed by atoms with E-state index in [9.17, 15) is 4.79 Å². The summed E-state index contributed by atoms with van der Waals surface area (Å²) in [6.45, 7) is 8.31. The van der Waals surface area contributed by atoms with Gasteiger partial charge in [0.15, 0.2) is 5.13 Å². The molecule has 1 aromatic heterocycles. The summed E-state index contributed by atoms with van der Waals surface area (Å²) in [5.41, 5.74) is 3.26. The Morgan fingerprint density at radius 1 is 1.19 bits per heavy atom. The van der Waals surface area contributed by atoms with Crippen LogP contribution in [0.3, 0.4) is 0 Å². The van der Waals surface area contributed by atoms with Crippen LogP contribution in [0.25, 0.3) is 10.2 Å². The van der Waals surface area contributed by atoms with Crippen molar-refractivity contribution >= 4 is 44.3 Å². The predicted octanol–water partition coefficient (Wildman–Crippen LogP) is 5.16. The monoisotopic (exact) mass is 457 g/mol. The molecule has 0 aliphatic carbocycles. The van der Waals surface area contributed by atoms with Gasteiger partial charge in [-0.3, -0.25) is 9.69 Å². The Labute approximate surface area is 192 Å². The van der Waals surface area contributed by atoms with Gasteiger partial charge in [0, 0.05) is 37.2 Å². The van der Waals surface area contributed by atoms with Crippen LogP contribution in [0, 0.1) is 0 Å². The van der Waals surface area contributed by atoms with Gasteiger partial charge in [-0.05, 0) is 42.7 Å². The lowest BCUT2D eigenvalue weighted by Gasteiger charge is -2.41. The number of nitrogens with zero attached hydrogens (tertiary/aromatic N) is 3. The molecule has 164 valence electrons. The molecule has 0 bridgehead atoms. The summed E-state index contributed by atoms with van der Waals surface area (Å²) in [6.07, 6.45) is 1.39. The van der Waals surface area contributed by atoms with Gasteiger partial charge in [0.25, 0.3) is 0 Å². The molecule has 0 amide bonds. The fourth-order valence-electron chi connectivity index (χ4n) is 4.15. The number of hydrogen-bond donors (Lipinski definition) is 0. The van der Waals surface area contributed by atoms with Crippen molar-refractivity contribution in [1.29, 1.82) is 0 Å². The number of carbonyl (C=O) groups excluding carboxylic acids is 1. The van der Waals surface area contributed by atoms with Crippen molar-refractivity contribution < 1.29 is 9.53 Å². The molecular formula is C24H28ClN3O2S. The number of aromatic nitrogens is 1. The minimum atomic E-state index is -0.170. The van der Waals surface area contributed by atoms with Gasteiger partial charge in [0.1, 0.15) is 0 Å². The second kappa shape index (κ2) is 9.98. The van der Waals surface area contributed by atoms with Gasteiger partial charge in [-0.2, -0.15) is 0 Å². The largest absolute Gasteiger partial charge is 0.466 e. The fourth-order valence-corrected chi connectivity index (χ4v) is 5.49. The van der Waals surface area contributed by atoms with Crippen molar-refractivity contribution in [2.75, 3.05) is 31.1 Å². The molecule has 1 aliphatic rings. The molecule has 1 aliphatic heterocycles. The van der Waals surface area contributed by atoms with Gasteiger partial charge in [-0.1, -0.05) is 54.1 Å². The highest BCUT2D eigenvalue weighted by molar-refractivity contribution is 7.22. The van der Waals surface area contributed by atoms with E-state index >= 15 is 0 Å². The first-order valence-electron chi connectivity index (χ1n) is 10.8. The predicted molar refractivity (Wildman–Crippen MR) is 128 cm³/mol. The molecule has 1 atom stereocenters. The van der Waals surface area contributed by atoms with Crippen LogP contribution in [0.4, 0.5) is 5.13 Å². The third-order valence-electron chi connectivity index (χ3n) is 5.67. The maximum absolute atomic E-state index is 11.8. The van der Waals surface area contributed by atoms with Gasteiger partial charge in [0.2, 0.25) is 0 Å². The Morgan fingerprint density at radius 3 is 2.84 bits per heavy atom. The molecule has 0 saturated carbocycles. The van der Waals surface area contributed by atoms with Crippen LogP contribution in [-0.2, 0) is 22.5 Å². The number of hydrogen-bond acceptors (Lipinski definition) is 6. The molecular weight excluding hydrogens is 430 g/mol. The van der Waals surface area contributed by atoms with Crippen LogP contribution in [0.5, 0.6) is 0 Å². The fraction of sp³-hybridized carbons (Fsp3) is 0.417. The molecule has 0 N–H and O–H groups in total. The summed E-state index contributed by atoms with van der Waals surface area (Å²) in [6, 6.07) is 14.6. The average molecular weight is 458 g/mol. The molecule has 7 heteroatoms. The number of piperazine rings is 1. The summed E-state index contributed by atoms with van der Waals surface area (Å²) in [4.78, 5) is 21.6. The Kier molecular flexibility index (Phi) is 7.10. The summed E-state index contributed by atoms with van der Waals surface area (Å²) >= 11 is 7.88. The van der Waals surface area contributed by atoms with Crippen LogP contribution >= 0.6 is 22.9 Å². The van der Waals surface area contributed by atoms with Gasteiger partial charge in [0.05, 0.1) is 23.2 Å². The molecule has 5 nitrogen and oxygen atoms in total. The van der Waals surface area contributed by atoms with Crippen LogP contribution < -0.4 is 4.90 Å². The van der Waals surface area contributed by atoms with Crippen LogP contribution in [0.2, 0.25) is 5.02 Å². The second-order valence-electron chi connectivity index (χ2n) is 7.90. The van der Waals surface area contributed by atoms with Gasteiger partial charge in [-0.25, -0.2) is 4.98 Å². The quantitative estimate of drug-likeness (QED) is 0.459. The Morgan fingerprint density at radius 2 is 2.03 bits per heavy atom. The first-order chi connectivity index (χ1) is 15.1. The zero-order chi connectivity index (χ0) is 21.8. The minimum absolute atomic E-state index is 0.170. The van der Waals surface area contributed by atoms with Crippen LogP contribution in [-0.4, -0.2) is 48.1 Å². The number of thiazole rings is 1. The molecule has 0 spiro atoms. The number of rotatable bonds is 7. The molecule has 1 unspecified atom stereocenters. The number of ether oxygens (including phenoxy) is 1. The van der Waals surface area contributed by atoms with E-state index in [2.05, 4.69) is 28.9 Å². The Bertz CT molecular complexity index is 1050. The number of benzene rings is 2. The first kappa shape index (κ1) is 22.1. The molecule has 1 fully saturated rings. The van der Waals surface area contributed by atoms with Crippen LogP contribution in [0.15, 0.2) is 42.5 Å². The molecule has 3 aromatic rings. The zero-order valence-corrected chi connectivity index (χ0v) is 19.6. The van der Waals surface area contributed by atoms with Crippen molar-refractivity contribution in [3.8, 4) is 0 Å². The summed E-state index contributed by atoms with van der Waals surface area (Å²) in [5.74, 6) is -0.170. The van der Waals surface area contributed by atoms with Crippen molar-refractivity contribution in [3.63, 3.8) is 0 Å². The van der Waals surface area contributed by atoms with Crippen LogP contribution in [0.1, 0.15) is 31.4 Å². The lowest BCUT2D eigenvalue weighted by molar-refractivity contribution is -0.142. The zero-order valence-electron chi connectivity index (χ0n) is 18.0. The highest BCUT2D eigenvalue weighted by atomic mass is 35.5. The highest BCUT2D eigenvalue weighted by Crippen LogP contribution is 2.33. The molecule has 1 saturated heterocycles. The van der Waals surface area contributed by atoms with Gasteiger partial charge >= 0.3 is 5.97 Å². The van der Waals surface area contributed by atoms with E-state index in [1.54, 1.807) is 11.3 Å². The normalized spacial score (nSPS) is 17.3. The van der Waals surface area contributed by atoms with Gasteiger partial charge < -0.3 is 9.64 Å². The van der Waals surface area contributed by atoms with E-state index in [-0.39, 0.29) is 5.97 Å². The average Bonchev–Trinajstić information content (AvgIpc) is 3.17. The molecule has 2 aromatic carbocycles. The third-order valence-corrected chi connectivity index (χ3v) is 6.96. The molecule has 2 heterocycles. The van der Waals surface area contributed by atoms with E-state index in [4.69, 9.17) is 21.3 Å². The topological polar surface area (TPSA) is 45.7 Å². The number of halogens is 1. The molecule has 0 radical (unpaired) electrons. The lowest BCUT2D eigenvalue weighted by Crippen LogP contribution is -2.52. The van der Waals surface area contributed by atoms with Gasteiger partial charge in [-0.15, -0.1) is 0 Å². The molecule has 4 rings (SSSR count). The number of fused-ring (bicyclic) bond motifs is 1. The lowest BCUT2D eigenvalue weighted by atomic mass is 10.1.